The minimum atomic E-state index is -4.51. The average molecular weight is 474 g/mol. The molecule has 0 aliphatic carbocycles. The van der Waals surface area contributed by atoms with Gasteiger partial charge in [0.15, 0.2) is 5.17 Å². The van der Waals surface area contributed by atoms with Crippen molar-refractivity contribution in [3.8, 4) is 6.07 Å². The number of amidine groups is 1. The molecule has 0 aromatic heterocycles. The first-order chi connectivity index (χ1) is 15.6. The predicted molar refractivity (Wildman–Crippen MR) is 123 cm³/mol. The van der Waals surface area contributed by atoms with Gasteiger partial charge in [-0.25, -0.2) is 9.79 Å². The molecule has 33 heavy (non-hydrogen) atoms. The molecule has 0 spiro atoms. The topological polar surface area (TPSA) is 65.7 Å². The molecule has 0 saturated carbocycles. The summed E-state index contributed by atoms with van der Waals surface area (Å²) in [7, 11) is 0. The Morgan fingerprint density at radius 3 is 2.55 bits per heavy atom. The van der Waals surface area contributed by atoms with Gasteiger partial charge in [-0.05, 0) is 68.5 Å². The minimum absolute atomic E-state index is 0.136. The van der Waals surface area contributed by atoms with Gasteiger partial charge in [-0.3, -0.25) is 4.90 Å². The molecule has 0 amide bonds. The van der Waals surface area contributed by atoms with Crippen molar-refractivity contribution in [2.45, 2.75) is 33.0 Å². The van der Waals surface area contributed by atoms with Gasteiger partial charge in [0.25, 0.3) is 0 Å². The highest BCUT2D eigenvalue weighted by atomic mass is 32.2. The van der Waals surface area contributed by atoms with Crippen LogP contribution in [0.3, 0.4) is 0 Å². The van der Waals surface area contributed by atoms with Crippen molar-refractivity contribution >= 4 is 28.6 Å². The Morgan fingerprint density at radius 1 is 1.24 bits per heavy atom. The summed E-state index contributed by atoms with van der Waals surface area (Å²) >= 11 is 1.26. The molecule has 0 N–H and O–H groups in total. The number of esters is 1. The van der Waals surface area contributed by atoms with Crippen molar-refractivity contribution in [1.29, 1.82) is 5.26 Å². The number of alkyl halides is 3. The number of anilines is 1. The number of nitriles is 1. The molecule has 172 valence electrons. The summed E-state index contributed by atoms with van der Waals surface area (Å²) in [6.07, 6.45) is -2.74. The molecule has 2 aromatic carbocycles. The third-order valence-electron chi connectivity index (χ3n) is 5.23. The molecule has 9 heteroatoms. The summed E-state index contributed by atoms with van der Waals surface area (Å²) in [4.78, 5) is 19.3. The highest BCUT2D eigenvalue weighted by Gasteiger charge is 2.36. The van der Waals surface area contributed by atoms with Gasteiger partial charge in [0.2, 0.25) is 0 Å². The van der Waals surface area contributed by atoms with Crippen molar-refractivity contribution < 1.29 is 22.7 Å². The molecule has 1 atom stereocenters. The molecular weight excluding hydrogens is 451 g/mol. The van der Waals surface area contributed by atoms with Gasteiger partial charge in [-0.15, -0.1) is 0 Å². The summed E-state index contributed by atoms with van der Waals surface area (Å²) in [5.41, 5.74) is 2.08. The van der Waals surface area contributed by atoms with Crippen LogP contribution in [-0.4, -0.2) is 24.0 Å². The molecule has 1 aliphatic heterocycles. The summed E-state index contributed by atoms with van der Waals surface area (Å²) in [6, 6.07) is 11.4. The summed E-state index contributed by atoms with van der Waals surface area (Å²) in [5, 5.41) is 9.62. The van der Waals surface area contributed by atoms with Crippen molar-refractivity contribution in [2.24, 2.45) is 4.99 Å². The second kappa shape index (κ2) is 9.71. The lowest BCUT2D eigenvalue weighted by molar-refractivity contribution is -0.139. The van der Waals surface area contributed by atoms with Crippen molar-refractivity contribution in [1.82, 2.24) is 0 Å². The number of aliphatic imine (C=N–C) groups is 1. The monoisotopic (exact) mass is 473 g/mol. The van der Waals surface area contributed by atoms with Crippen LogP contribution in [0.25, 0.3) is 0 Å². The van der Waals surface area contributed by atoms with Crippen LogP contribution in [0.4, 0.5) is 18.9 Å². The lowest BCUT2D eigenvalue weighted by Gasteiger charge is -2.35. The van der Waals surface area contributed by atoms with E-state index in [0.29, 0.717) is 22.0 Å². The van der Waals surface area contributed by atoms with Crippen molar-refractivity contribution in [2.75, 3.05) is 17.8 Å². The number of aryl methyl sites for hydroxylation is 1. The highest BCUT2D eigenvalue weighted by Crippen LogP contribution is 2.41. The zero-order valence-electron chi connectivity index (χ0n) is 18.5. The molecule has 3 rings (SSSR count). The standard InChI is InChI=1S/C24H22F3N3O2S/c1-5-32-22(31)20-15(3)30(18-8-6-7-17(12-18)24(25,26)27)23(33-4)29-21(20)19-10-9-16(13-28)11-14(19)2/h6-12,21H,5H2,1-4H3. The zero-order chi connectivity index (χ0) is 24.3. The third-order valence-corrected chi connectivity index (χ3v) is 5.89. The normalized spacial score (nSPS) is 16.4. The second-order valence-corrected chi connectivity index (χ2v) is 8.08. The van der Waals surface area contributed by atoms with Gasteiger partial charge in [-0.2, -0.15) is 18.4 Å². The van der Waals surface area contributed by atoms with Crippen LogP contribution >= 0.6 is 11.8 Å². The maximum atomic E-state index is 13.3. The van der Waals surface area contributed by atoms with Crippen LogP contribution in [0.1, 0.15) is 42.1 Å². The van der Waals surface area contributed by atoms with Crippen LogP contribution in [0.5, 0.6) is 0 Å². The first kappa shape index (κ1) is 24.4. The largest absolute Gasteiger partial charge is 0.463 e. The van der Waals surface area contributed by atoms with Crippen molar-refractivity contribution in [3.05, 3.63) is 76.0 Å². The molecule has 1 unspecified atom stereocenters. The number of carbonyl (C=O) groups excluding carboxylic acids is 1. The van der Waals surface area contributed by atoms with E-state index < -0.39 is 23.8 Å². The van der Waals surface area contributed by atoms with E-state index in [1.165, 1.54) is 17.8 Å². The van der Waals surface area contributed by atoms with E-state index in [1.54, 1.807) is 49.3 Å². The number of nitrogens with zero attached hydrogens (tertiary/aromatic N) is 3. The van der Waals surface area contributed by atoms with Crippen LogP contribution in [0, 0.1) is 18.3 Å². The van der Waals surface area contributed by atoms with Gasteiger partial charge in [0.1, 0.15) is 6.04 Å². The molecule has 1 heterocycles. The molecule has 1 aliphatic rings. The fourth-order valence-corrected chi connectivity index (χ4v) is 4.34. The maximum Gasteiger partial charge on any atom is 0.416 e. The number of allylic oxidation sites excluding steroid dienone is 1. The fourth-order valence-electron chi connectivity index (χ4n) is 3.71. The van der Waals surface area contributed by atoms with E-state index in [4.69, 9.17) is 9.73 Å². The zero-order valence-corrected chi connectivity index (χ0v) is 19.3. The quantitative estimate of drug-likeness (QED) is 0.510. The van der Waals surface area contributed by atoms with E-state index in [2.05, 4.69) is 6.07 Å². The Balaban J connectivity index is 2.22. The Labute approximate surface area is 194 Å². The molecule has 0 bridgehead atoms. The van der Waals surface area contributed by atoms with Crippen molar-refractivity contribution in [3.63, 3.8) is 0 Å². The lowest BCUT2D eigenvalue weighted by atomic mass is 9.91. The van der Waals surface area contributed by atoms with Crippen LogP contribution < -0.4 is 4.90 Å². The molecule has 0 fully saturated rings. The summed E-state index contributed by atoms with van der Waals surface area (Å²) < 4.78 is 45.3. The fraction of sp³-hybridized carbons (Fsp3) is 0.292. The number of hydrogen-bond donors (Lipinski definition) is 0. The third kappa shape index (κ3) is 4.91. The number of thioether (sulfide) groups is 1. The van der Waals surface area contributed by atoms with E-state index >= 15 is 0 Å². The van der Waals surface area contributed by atoms with E-state index in [1.807, 2.05) is 6.92 Å². The van der Waals surface area contributed by atoms with E-state index in [0.717, 1.165) is 17.7 Å². The van der Waals surface area contributed by atoms with Crippen LogP contribution in [0.15, 0.2) is 58.7 Å². The first-order valence-corrected chi connectivity index (χ1v) is 11.3. The Hall–Kier alpha value is -3.25. The molecule has 2 aromatic rings. The number of benzene rings is 2. The Kier molecular flexibility index (Phi) is 7.18. The van der Waals surface area contributed by atoms with Crippen LogP contribution in [0.2, 0.25) is 0 Å². The highest BCUT2D eigenvalue weighted by molar-refractivity contribution is 8.13. The number of carbonyl (C=O) groups is 1. The Bertz CT molecular complexity index is 1180. The molecular formula is C24H22F3N3O2S. The summed E-state index contributed by atoms with van der Waals surface area (Å²) in [5.74, 6) is -0.593. The molecule has 0 radical (unpaired) electrons. The number of halogens is 3. The van der Waals surface area contributed by atoms with Gasteiger partial charge < -0.3 is 4.74 Å². The smallest absolute Gasteiger partial charge is 0.416 e. The second-order valence-electron chi connectivity index (χ2n) is 7.30. The molecule has 0 saturated heterocycles. The predicted octanol–water partition coefficient (Wildman–Crippen LogP) is 6.00. The molecule has 5 nitrogen and oxygen atoms in total. The van der Waals surface area contributed by atoms with E-state index in [-0.39, 0.29) is 17.9 Å². The number of hydrogen-bond acceptors (Lipinski definition) is 6. The number of rotatable bonds is 4. The number of ether oxygens (including phenoxy) is 1. The van der Waals surface area contributed by atoms with Crippen LogP contribution in [-0.2, 0) is 15.7 Å². The summed E-state index contributed by atoms with van der Waals surface area (Å²) in [6.45, 7) is 5.31. The first-order valence-electron chi connectivity index (χ1n) is 10.1. The van der Waals surface area contributed by atoms with Gasteiger partial charge in [0.05, 0.1) is 29.4 Å². The maximum absolute atomic E-state index is 13.3. The Morgan fingerprint density at radius 2 is 1.97 bits per heavy atom. The van der Waals surface area contributed by atoms with E-state index in [9.17, 15) is 23.2 Å². The van der Waals surface area contributed by atoms with Gasteiger partial charge in [-0.1, -0.05) is 23.9 Å². The van der Waals surface area contributed by atoms with Gasteiger partial charge >= 0.3 is 12.1 Å². The average Bonchev–Trinajstić information content (AvgIpc) is 2.77. The van der Waals surface area contributed by atoms with Gasteiger partial charge in [0, 0.05) is 11.4 Å². The SMILES string of the molecule is CCOC(=O)C1=C(C)N(c2cccc(C(F)(F)F)c2)C(SC)=NC1c1ccc(C#N)cc1C. The lowest BCUT2D eigenvalue weighted by Crippen LogP contribution is -2.35. The minimum Gasteiger partial charge on any atom is -0.463 e.